The summed E-state index contributed by atoms with van der Waals surface area (Å²) < 4.78 is 12.7. The van der Waals surface area contributed by atoms with Gasteiger partial charge in [0, 0.05) is 36.8 Å². The molecule has 0 saturated carbocycles. The second kappa shape index (κ2) is 7.13. The quantitative estimate of drug-likeness (QED) is 0.549. The highest BCUT2D eigenvalue weighted by molar-refractivity contribution is 5.77. The number of aliphatic hydroxyl groups is 1. The second-order valence-electron chi connectivity index (χ2n) is 6.13. The molecule has 0 aliphatic heterocycles. The molecule has 0 fully saturated rings. The Morgan fingerprint density at radius 3 is 2.70 bits per heavy atom. The number of methoxy groups -OCH3 is 2. The lowest BCUT2D eigenvalue weighted by molar-refractivity contribution is 0.167. The van der Waals surface area contributed by atoms with E-state index in [-0.39, 0.29) is 6.42 Å². The van der Waals surface area contributed by atoms with Gasteiger partial charge in [-0.25, -0.2) is 4.98 Å². The van der Waals surface area contributed by atoms with Crippen LogP contribution in [-0.2, 0) is 6.42 Å². The van der Waals surface area contributed by atoms with Gasteiger partial charge in [0.25, 0.3) is 0 Å². The van der Waals surface area contributed by atoms with Gasteiger partial charge in [-0.3, -0.25) is 4.98 Å². The molecule has 4 rings (SSSR count). The van der Waals surface area contributed by atoms with Crippen LogP contribution in [0.25, 0.3) is 16.7 Å². The zero-order valence-electron chi connectivity index (χ0n) is 15.1. The lowest BCUT2D eigenvalue weighted by atomic mass is 10.1. The molecule has 0 saturated heterocycles. The van der Waals surface area contributed by atoms with Crippen LogP contribution in [0.1, 0.15) is 17.6 Å². The highest BCUT2D eigenvalue weighted by Gasteiger charge is 2.19. The molecule has 7 nitrogen and oxygen atoms in total. The number of ether oxygens (including phenoxy) is 2. The monoisotopic (exact) mass is 364 g/mol. The molecule has 0 amide bonds. The zero-order valence-corrected chi connectivity index (χ0v) is 15.1. The molecular weight excluding hydrogens is 344 g/mol. The molecule has 138 valence electrons. The van der Waals surface area contributed by atoms with Crippen molar-refractivity contribution in [3.05, 3.63) is 66.5 Å². The van der Waals surface area contributed by atoms with E-state index in [1.165, 1.54) is 0 Å². The summed E-state index contributed by atoms with van der Waals surface area (Å²) in [6.07, 6.45) is 5.00. The summed E-state index contributed by atoms with van der Waals surface area (Å²) in [6, 6.07) is 11.6. The van der Waals surface area contributed by atoms with E-state index >= 15 is 0 Å². The first-order valence-corrected chi connectivity index (χ1v) is 8.56. The van der Waals surface area contributed by atoms with Crippen molar-refractivity contribution in [3.8, 4) is 17.2 Å². The lowest BCUT2D eigenvalue weighted by Gasteiger charge is -2.13. The van der Waals surface area contributed by atoms with Crippen molar-refractivity contribution in [2.75, 3.05) is 14.2 Å². The molecule has 2 N–H and O–H groups in total. The van der Waals surface area contributed by atoms with Gasteiger partial charge in [0.2, 0.25) is 0 Å². The highest BCUT2D eigenvalue weighted by atomic mass is 16.5. The summed E-state index contributed by atoms with van der Waals surface area (Å²) in [5.41, 5.74) is 3.29. The van der Waals surface area contributed by atoms with Gasteiger partial charge in [0.1, 0.15) is 11.9 Å². The van der Waals surface area contributed by atoms with Gasteiger partial charge in [-0.2, -0.15) is 0 Å². The van der Waals surface area contributed by atoms with Crippen LogP contribution < -0.4 is 9.47 Å². The van der Waals surface area contributed by atoms with Crippen LogP contribution in [0.15, 0.2) is 55.0 Å². The normalized spacial score (nSPS) is 12.3. The van der Waals surface area contributed by atoms with Gasteiger partial charge in [0.05, 0.1) is 30.9 Å². The Hall–Kier alpha value is -3.32. The molecule has 0 aliphatic carbocycles. The number of hydrogen-bond donors (Lipinski definition) is 2. The predicted molar refractivity (Wildman–Crippen MR) is 101 cm³/mol. The minimum absolute atomic E-state index is 0.255. The lowest BCUT2D eigenvalue weighted by Crippen LogP contribution is -2.07. The molecule has 3 heterocycles. The minimum atomic E-state index is -0.846. The van der Waals surface area contributed by atoms with Crippen LogP contribution in [0.3, 0.4) is 0 Å². The maximum absolute atomic E-state index is 10.7. The highest BCUT2D eigenvalue weighted by Crippen LogP contribution is 2.31. The van der Waals surface area contributed by atoms with Crippen LogP contribution >= 0.6 is 0 Å². The van der Waals surface area contributed by atoms with Gasteiger partial charge in [-0.05, 0) is 30.3 Å². The minimum Gasteiger partial charge on any atom is -0.493 e. The van der Waals surface area contributed by atoms with E-state index in [1.807, 2.05) is 47.3 Å². The molecule has 0 aliphatic rings. The van der Waals surface area contributed by atoms with Crippen molar-refractivity contribution in [1.29, 1.82) is 0 Å². The van der Waals surface area contributed by atoms with Crippen LogP contribution in [0.4, 0.5) is 0 Å². The molecule has 1 unspecified atom stereocenters. The third-order valence-electron chi connectivity index (χ3n) is 4.45. The Morgan fingerprint density at radius 1 is 1.15 bits per heavy atom. The van der Waals surface area contributed by atoms with Crippen molar-refractivity contribution >= 4 is 11.0 Å². The standard InChI is InChI=1S/C20H20N4O3/c1-26-18-7-8-21-16(19(18)27-2)12-17(25)20-22-14-6-5-13(11-15(14)23-20)24-9-3-4-10-24/h3-11,17,25H,12H2,1-2H3,(H,22,23). The molecule has 0 spiro atoms. The second-order valence-corrected chi connectivity index (χ2v) is 6.13. The van der Waals surface area contributed by atoms with E-state index < -0.39 is 6.10 Å². The van der Waals surface area contributed by atoms with Crippen molar-refractivity contribution < 1.29 is 14.6 Å². The number of nitrogens with one attached hydrogen (secondary N) is 1. The van der Waals surface area contributed by atoms with Gasteiger partial charge in [0.15, 0.2) is 11.5 Å². The maximum Gasteiger partial charge on any atom is 0.182 e. The number of aliphatic hydroxyl groups excluding tert-OH is 1. The van der Waals surface area contributed by atoms with Crippen LogP contribution in [0, 0.1) is 0 Å². The largest absolute Gasteiger partial charge is 0.493 e. The van der Waals surface area contributed by atoms with Crippen LogP contribution in [-0.4, -0.2) is 38.8 Å². The number of pyridine rings is 1. The number of aromatic amines is 1. The summed E-state index contributed by atoms with van der Waals surface area (Å²) in [5, 5.41) is 10.7. The molecule has 7 heteroatoms. The van der Waals surface area contributed by atoms with E-state index in [2.05, 4.69) is 15.0 Å². The Morgan fingerprint density at radius 2 is 1.96 bits per heavy atom. The number of imidazole rings is 1. The number of aromatic nitrogens is 4. The summed E-state index contributed by atoms with van der Waals surface area (Å²) in [7, 11) is 3.12. The smallest absolute Gasteiger partial charge is 0.182 e. The number of nitrogens with zero attached hydrogens (tertiary/aromatic N) is 3. The summed E-state index contributed by atoms with van der Waals surface area (Å²) >= 11 is 0. The number of hydrogen-bond acceptors (Lipinski definition) is 5. The summed E-state index contributed by atoms with van der Waals surface area (Å²) in [4.78, 5) is 12.0. The average Bonchev–Trinajstić information content (AvgIpc) is 3.36. The number of H-pyrrole nitrogens is 1. The van der Waals surface area contributed by atoms with E-state index in [1.54, 1.807) is 26.5 Å². The van der Waals surface area contributed by atoms with Gasteiger partial charge < -0.3 is 24.1 Å². The molecule has 3 aromatic heterocycles. The molecule has 1 atom stereocenters. The van der Waals surface area contributed by atoms with Gasteiger partial charge in [-0.15, -0.1) is 0 Å². The summed E-state index contributed by atoms with van der Waals surface area (Å²) in [6.45, 7) is 0. The number of rotatable bonds is 6. The summed E-state index contributed by atoms with van der Waals surface area (Å²) in [5.74, 6) is 1.59. The SMILES string of the molecule is COc1ccnc(CC(O)c2nc3ccc(-n4cccc4)cc3[nH]2)c1OC. The third kappa shape index (κ3) is 3.24. The van der Waals surface area contributed by atoms with E-state index in [9.17, 15) is 5.11 Å². The first-order valence-electron chi connectivity index (χ1n) is 8.56. The average molecular weight is 364 g/mol. The fraction of sp³-hybridized carbons (Fsp3) is 0.200. The molecule has 0 radical (unpaired) electrons. The molecule has 1 aromatic carbocycles. The molecule has 0 bridgehead atoms. The van der Waals surface area contributed by atoms with Crippen molar-refractivity contribution in [2.24, 2.45) is 0 Å². The molecular formula is C20H20N4O3. The predicted octanol–water partition coefficient (Wildman–Crippen LogP) is 3.04. The number of fused-ring (bicyclic) bond motifs is 1. The first kappa shape index (κ1) is 17.1. The van der Waals surface area contributed by atoms with Crippen LogP contribution in [0.5, 0.6) is 11.5 Å². The first-order chi connectivity index (χ1) is 13.2. The fourth-order valence-corrected chi connectivity index (χ4v) is 3.12. The van der Waals surface area contributed by atoms with Gasteiger partial charge in [-0.1, -0.05) is 0 Å². The Kier molecular flexibility index (Phi) is 4.52. The Labute approximate surface area is 156 Å². The van der Waals surface area contributed by atoms with Gasteiger partial charge >= 0.3 is 0 Å². The van der Waals surface area contributed by atoms with Crippen molar-refractivity contribution in [2.45, 2.75) is 12.5 Å². The third-order valence-corrected chi connectivity index (χ3v) is 4.45. The van der Waals surface area contributed by atoms with Crippen LogP contribution in [0.2, 0.25) is 0 Å². The molecule has 27 heavy (non-hydrogen) atoms. The fourth-order valence-electron chi connectivity index (χ4n) is 3.12. The zero-order chi connectivity index (χ0) is 18.8. The van der Waals surface area contributed by atoms with Crippen molar-refractivity contribution in [3.63, 3.8) is 0 Å². The Balaban J connectivity index is 1.62. The Bertz CT molecular complexity index is 1060. The topological polar surface area (TPSA) is 85.2 Å². The maximum atomic E-state index is 10.7. The van der Waals surface area contributed by atoms with E-state index in [0.29, 0.717) is 23.0 Å². The van der Waals surface area contributed by atoms with E-state index in [0.717, 1.165) is 16.7 Å². The number of benzene rings is 1. The van der Waals surface area contributed by atoms with E-state index in [4.69, 9.17) is 9.47 Å². The molecule has 4 aromatic rings. The van der Waals surface area contributed by atoms with Crippen molar-refractivity contribution in [1.82, 2.24) is 19.5 Å².